The second kappa shape index (κ2) is 7.87. The van der Waals surface area contributed by atoms with E-state index in [-0.39, 0.29) is 0 Å². The average Bonchev–Trinajstić information content (AvgIpc) is 3.06. The predicted octanol–water partition coefficient (Wildman–Crippen LogP) is 5.01. The molecule has 0 bridgehead atoms. The summed E-state index contributed by atoms with van der Waals surface area (Å²) in [5.41, 5.74) is 3.18. The zero-order valence-corrected chi connectivity index (χ0v) is 16.7. The van der Waals surface area contributed by atoms with Crippen LogP contribution in [0.25, 0.3) is 10.9 Å². The number of carboxylic acid groups (broad SMARTS) is 1. The molecular formula is C22H23BrN2O2. The number of benzene rings is 2. The van der Waals surface area contributed by atoms with E-state index >= 15 is 0 Å². The number of hydrogen-bond acceptors (Lipinski definition) is 2. The topological polar surface area (TPSA) is 56.3 Å². The van der Waals surface area contributed by atoms with Gasteiger partial charge in [0, 0.05) is 27.1 Å². The van der Waals surface area contributed by atoms with Gasteiger partial charge < -0.3 is 10.1 Å². The molecule has 1 aliphatic heterocycles. The first kappa shape index (κ1) is 18.3. The normalized spacial score (nSPS) is 17.2. The van der Waals surface area contributed by atoms with Gasteiger partial charge in [-0.2, -0.15) is 0 Å². The number of H-pyrrole nitrogens is 1. The van der Waals surface area contributed by atoms with E-state index in [1.165, 1.54) is 5.56 Å². The fraction of sp³-hybridized carbons (Fsp3) is 0.318. The molecule has 1 aliphatic rings. The van der Waals surface area contributed by atoms with Gasteiger partial charge in [0.05, 0.1) is 0 Å². The van der Waals surface area contributed by atoms with Crippen LogP contribution in [0.15, 0.2) is 59.2 Å². The van der Waals surface area contributed by atoms with Crippen LogP contribution in [-0.2, 0) is 11.2 Å². The van der Waals surface area contributed by atoms with Crippen LogP contribution in [0.5, 0.6) is 0 Å². The van der Waals surface area contributed by atoms with E-state index < -0.39 is 12.0 Å². The summed E-state index contributed by atoms with van der Waals surface area (Å²) in [6, 6.07) is 15.9. The van der Waals surface area contributed by atoms with Gasteiger partial charge >= 0.3 is 5.97 Å². The Labute approximate surface area is 167 Å². The Hall–Kier alpha value is -2.11. The molecule has 4 rings (SSSR count). The summed E-state index contributed by atoms with van der Waals surface area (Å²) in [7, 11) is 0. The minimum atomic E-state index is -0.777. The van der Waals surface area contributed by atoms with Crippen molar-refractivity contribution in [3.8, 4) is 0 Å². The zero-order chi connectivity index (χ0) is 18.8. The summed E-state index contributed by atoms with van der Waals surface area (Å²) >= 11 is 3.47. The van der Waals surface area contributed by atoms with Crippen molar-refractivity contribution in [1.29, 1.82) is 0 Å². The van der Waals surface area contributed by atoms with Crippen molar-refractivity contribution in [1.82, 2.24) is 9.88 Å². The van der Waals surface area contributed by atoms with Crippen molar-refractivity contribution in [2.45, 2.75) is 25.3 Å². The number of carbonyl (C=O) groups is 1. The van der Waals surface area contributed by atoms with Crippen molar-refractivity contribution >= 4 is 32.8 Å². The van der Waals surface area contributed by atoms with E-state index in [0.29, 0.717) is 5.92 Å². The number of hydrogen-bond donors (Lipinski definition) is 2. The molecule has 140 valence electrons. The van der Waals surface area contributed by atoms with Crippen LogP contribution < -0.4 is 0 Å². The highest BCUT2D eigenvalue weighted by molar-refractivity contribution is 9.10. The standard InChI is InChI=1S/C22H23BrN2O2/c23-17-6-7-18-19(14-24-20(18)13-17)21(22(26)27)25-10-8-16(9-11-25)12-15-4-2-1-3-5-15/h1-7,13-14,16,21,24H,8-12H2,(H,26,27). The third kappa shape index (κ3) is 3.94. The fourth-order valence-corrected chi connectivity index (χ4v) is 4.56. The van der Waals surface area contributed by atoms with E-state index in [1.807, 2.05) is 30.5 Å². The number of nitrogens with one attached hydrogen (secondary N) is 1. The minimum absolute atomic E-state index is 0.599. The number of fused-ring (bicyclic) bond motifs is 1. The van der Waals surface area contributed by atoms with E-state index in [0.717, 1.165) is 53.3 Å². The molecule has 27 heavy (non-hydrogen) atoms. The number of halogens is 1. The van der Waals surface area contributed by atoms with Crippen LogP contribution in [0, 0.1) is 5.92 Å². The summed E-state index contributed by atoms with van der Waals surface area (Å²) in [5, 5.41) is 10.9. The lowest BCUT2D eigenvalue weighted by atomic mass is 9.89. The first-order valence-corrected chi connectivity index (χ1v) is 10.2. The SMILES string of the molecule is O=C(O)C(c1c[nH]c2cc(Br)ccc12)N1CCC(Cc2ccccc2)CC1. The molecule has 1 saturated heterocycles. The monoisotopic (exact) mass is 426 g/mol. The number of nitrogens with zero attached hydrogens (tertiary/aromatic N) is 1. The first-order valence-electron chi connectivity index (χ1n) is 9.39. The number of piperidine rings is 1. The van der Waals surface area contributed by atoms with Crippen molar-refractivity contribution < 1.29 is 9.90 Å². The Morgan fingerprint density at radius 3 is 2.63 bits per heavy atom. The summed E-state index contributed by atoms with van der Waals surface area (Å²) in [6.45, 7) is 1.63. The molecule has 1 fully saturated rings. The maximum absolute atomic E-state index is 12.1. The van der Waals surface area contributed by atoms with Crippen LogP contribution in [0.1, 0.15) is 30.0 Å². The maximum Gasteiger partial charge on any atom is 0.325 e. The predicted molar refractivity (Wildman–Crippen MR) is 111 cm³/mol. The Morgan fingerprint density at radius 2 is 1.93 bits per heavy atom. The van der Waals surface area contributed by atoms with E-state index in [9.17, 15) is 9.90 Å². The van der Waals surface area contributed by atoms with Crippen LogP contribution in [0.3, 0.4) is 0 Å². The first-order chi connectivity index (χ1) is 13.1. The minimum Gasteiger partial charge on any atom is -0.480 e. The molecular weight excluding hydrogens is 404 g/mol. The van der Waals surface area contributed by atoms with Gasteiger partial charge in [-0.25, -0.2) is 0 Å². The van der Waals surface area contributed by atoms with Crippen molar-refractivity contribution in [2.75, 3.05) is 13.1 Å². The van der Waals surface area contributed by atoms with Crippen LogP contribution >= 0.6 is 15.9 Å². The zero-order valence-electron chi connectivity index (χ0n) is 15.1. The summed E-state index contributed by atoms with van der Waals surface area (Å²) < 4.78 is 0.983. The molecule has 4 nitrogen and oxygen atoms in total. The summed E-state index contributed by atoms with van der Waals surface area (Å²) in [6.07, 6.45) is 5.00. The molecule has 1 unspecified atom stereocenters. The lowest BCUT2D eigenvalue weighted by Crippen LogP contribution is -2.40. The van der Waals surface area contributed by atoms with Gasteiger partial charge in [-0.1, -0.05) is 52.3 Å². The molecule has 0 spiro atoms. The van der Waals surface area contributed by atoms with Crippen molar-refractivity contribution in [3.63, 3.8) is 0 Å². The number of aliphatic carboxylic acids is 1. The maximum atomic E-state index is 12.1. The molecule has 1 atom stereocenters. The Bertz CT molecular complexity index is 930. The summed E-state index contributed by atoms with van der Waals surface area (Å²) in [5.74, 6) is -0.155. The van der Waals surface area contributed by atoms with Gasteiger partial charge in [0.2, 0.25) is 0 Å². The molecule has 3 aromatic rings. The van der Waals surface area contributed by atoms with Crippen LogP contribution in [-0.4, -0.2) is 34.0 Å². The van der Waals surface area contributed by atoms with Crippen molar-refractivity contribution in [2.24, 2.45) is 5.92 Å². The lowest BCUT2D eigenvalue weighted by Gasteiger charge is -2.35. The highest BCUT2D eigenvalue weighted by Crippen LogP contribution is 2.33. The summed E-state index contributed by atoms with van der Waals surface area (Å²) in [4.78, 5) is 17.5. The van der Waals surface area contributed by atoms with E-state index in [4.69, 9.17) is 0 Å². The quantitative estimate of drug-likeness (QED) is 0.602. The van der Waals surface area contributed by atoms with E-state index in [2.05, 4.69) is 50.1 Å². The number of aromatic nitrogens is 1. The van der Waals surface area contributed by atoms with Gasteiger partial charge in [-0.3, -0.25) is 9.69 Å². The van der Waals surface area contributed by atoms with E-state index in [1.54, 1.807) is 0 Å². The Kier molecular flexibility index (Phi) is 5.32. The lowest BCUT2D eigenvalue weighted by molar-refractivity contribution is -0.144. The molecule has 5 heteroatoms. The third-order valence-corrected chi connectivity index (χ3v) is 6.08. The second-order valence-corrected chi connectivity index (χ2v) is 8.26. The number of carboxylic acids is 1. The van der Waals surface area contributed by atoms with Gasteiger partial charge in [0.1, 0.15) is 6.04 Å². The van der Waals surface area contributed by atoms with Crippen LogP contribution in [0.2, 0.25) is 0 Å². The van der Waals surface area contributed by atoms with Crippen molar-refractivity contribution in [3.05, 3.63) is 70.3 Å². The molecule has 0 radical (unpaired) electrons. The smallest absolute Gasteiger partial charge is 0.325 e. The van der Waals surface area contributed by atoms with Gasteiger partial charge in [-0.05, 0) is 56.0 Å². The van der Waals surface area contributed by atoms with Gasteiger partial charge in [0.25, 0.3) is 0 Å². The number of aromatic amines is 1. The largest absolute Gasteiger partial charge is 0.480 e. The molecule has 2 N–H and O–H groups in total. The van der Waals surface area contributed by atoms with Gasteiger partial charge in [0.15, 0.2) is 0 Å². The molecule has 0 amide bonds. The highest BCUT2D eigenvalue weighted by atomic mass is 79.9. The van der Waals surface area contributed by atoms with Crippen LogP contribution in [0.4, 0.5) is 0 Å². The Balaban J connectivity index is 1.49. The second-order valence-electron chi connectivity index (χ2n) is 7.34. The molecule has 1 aromatic heterocycles. The fourth-order valence-electron chi connectivity index (χ4n) is 4.20. The molecule has 2 heterocycles. The van der Waals surface area contributed by atoms with Gasteiger partial charge in [-0.15, -0.1) is 0 Å². The highest BCUT2D eigenvalue weighted by Gasteiger charge is 2.32. The average molecular weight is 427 g/mol. The number of rotatable bonds is 5. The third-order valence-electron chi connectivity index (χ3n) is 5.59. The molecule has 2 aromatic carbocycles. The number of likely N-dealkylation sites (tertiary alicyclic amines) is 1. The Morgan fingerprint density at radius 1 is 1.19 bits per heavy atom. The molecule has 0 aliphatic carbocycles. The molecule has 0 saturated carbocycles.